The Morgan fingerprint density at radius 3 is 2.09 bits per heavy atom. The lowest BCUT2D eigenvalue weighted by Crippen LogP contribution is -2.53. The average Bonchev–Trinajstić information content (AvgIpc) is 3.00. The van der Waals surface area contributed by atoms with Crippen LogP contribution in [0.2, 0.25) is 10.0 Å². The van der Waals surface area contributed by atoms with E-state index in [4.69, 9.17) is 23.2 Å². The van der Waals surface area contributed by atoms with Crippen LogP contribution in [-0.4, -0.2) is 44.3 Å². The molecule has 2 amide bonds. The number of halogens is 2. The van der Waals surface area contributed by atoms with Crippen molar-refractivity contribution in [2.45, 2.75) is 37.8 Å². The van der Waals surface area contributed by atoms with Gasteiger partial charge in [0.2, 0.25) is 11.8 Å². The lowest BCUT2D eigenvalue weighted by Gasteiger charge is -2.34. The highest BCUT2D eigenvalue weighted by Crippen LogP contribution is 2.30. The first-order valence-corrected chi connectivity index (χ1v) is 16.0. The maximum Gasteiger partial charge on any atom is 0.264 e. The van der Waals surface area contributed by atoms with E-state index in [9.17, 15) is 18.0 Å². The zero-order valence-electron chi connectivity index (χ0n) is 23.9. The van der Waals surface area contributed by atoms with Crippen molar-refractivity contribution in [2.24, 2.45) is 0 Å². The largest absolute Gasteiger partial charge is 0.355 e. The number of amides is 2. The number of sulfonamides is 1. The number of hydrogen-bond donors (Lipinski definition) is 1. The van der Waals surface area contributed by atoms with Crippen molar-refractivity contribution < 1.29 is 18.0 Å². The zero-order valence-corrected chi connectivity index (χ0v) is 26.2. The summed E-state index contributed by atoms with van der Waals surface area (Å²) in [4.78, 5) is 29.4. The fourth-order valence-electron chi connectivity index (χ4n) is 4.76. The highest BCUT2D eigenvalue weighted by atomic mass is 35.5. The molecule has 0 radical (unpaired) electrons. The molecule has 0 bridgehead atoms. The molecule has 4 aromatic rings. The fourth-order valence-corrected chi connectivity index (χ4v) is 6.63. The molecule has 0 aromatic heterocycles. The van der Waals surface area contributed by atoms with Crippen LogP contribution in [0.5, 0.6) is 0 Å². The van der Waals surface area contributed by atoms with Crippen LogP contribution >= 0.6 is 23.2 Å². The first-order chi connectivity index (χ1) is 20.6. The molecule has 1 atom stereocenters. The van der Waals surface area contributed by atoms with Crippen molar-refractivity contribution in [3.63, 3.8) is 0 Å². The SMILES string of the molecule is CCNC(=O)[C@H](Cc1ccccc1)N(Cc1cccc(Cl)c1)C(=O)CN(c1cc(Cl)ccc1C)S(=O)(=O)c1ccccc1. The summed E-state index contributed by atoms with van der Waals surface area (Å²) in [6.45, 7) is 3.38. The number of carbonyl (C=O) groups excluding carboxylic acids is 2. The van der Waals surface area contributed by atoms with Crippen molar-refractivity contribution in [3.05, 3.63) is 130 Å². The smallest absolute Gasteiger partial charge is 0.264 e. The van der Waals surface area contributed by atoms with Crippen LogP contribution in [0.25, 0.3) is 0 Å². The second-order valence-corrected chi connectivity index (χ2v) is 12.7. The molecule has 0 spiro atoms. The Balaban J connectivity index is 1.82. The summed E-state index contributed by atoms with van der Waals surface area (Å²) in [5, 5.41) is 3.65. The molecule has 224 valence electrons. The third kappa shape index (κ3) is 8.16. The van der Waals surface area contributed by atoms with Crippen LogP contribution < -0.4 is 9.62 Å². The Kier molecular flexibility index (Phi) is 10.9. The topological polar surface area (TPSA) is 86.8 Å². The Hall–Kier alpha value is -3.85. The predicted molar refractivity (Wildman–Crippen MR) is 172 cm³/mol. The van der Waals surface area contributed by atoms with E-state index in [1.807, 2.05) is 36.4 Å². The number of nitrogens with zero attached hydrogens (tertiary/aromatic N) is 2. The third-order valence-electron chi connectivity index (χ3n) is 6.91. The number of aryl methyl sites for hydroxylation is 1. The number of likely N-dealkylation sites (N-methyl/N-ethyl adjacent to an activating group) is 1. The van der Waals surface area contributed by atoms with Gasteiger partial charge in [0.1, 0.15) is 12.6 Å². The van der Waals surface area contributed by atoms with E-state index >= 15 is 0 Å². The standard InChI is InChI=1S/C33H33Cl2N3O4S/c1-3-36-33(40)31(20-25-11-6-4-7-12-25)37(22-26-13-10-14-27(34)19-26)32(39)23-38(30-21-28(35)18-17-24(30)2)43(41,42)29-15-8-5-9-16-29/h4-19,21,31H,3,20,22-23H2,1-2H3,(H,36,40)/t31-/m0/s1. The molecule has 4 aromatic carbocycles. The Labute approximate surface area is 263 Å². The van der Waals surface area contributed by atoms with Gasteiger partial charge in [0.05, 0.1) is 10.6 Å². The first-order valence-electron chi connectivity index (χ1n) is 13.8. The molecule has 0 saturated carbocycles. The molecular weight excluding hydrogens is 605 g/mol. The summed E-state index contributed by atoms with van der Waals surface area (Å²) in [5.74, 6) is -0.913. The van der Waals surface area contributed by atoms with Gasteiger partial charge >= 0.3 is 0 Å². The van der Waals surface area contributed by atoms with Gasteiger partial charge in [-0.25, -0.2) is 8.42 Å². The summed E-state index contributed by atoms with van der Waals surface area (Å²) in [5.41, 5.74) is 2.43. The molecular formula is C33H33Cl2N3O4S. The third-order valence-corrected chi connectivity index (χ3v) is 9.16. The first kappa shape index (κ1) is 32.1. The van der Waals surface area contributed by atoms with Gasteiger partial charge in [-0.1, -0.05) is 89.9 Å². The lowest BCUT2D eigenvalue weighted by molar-refractivity contribution is -0.140. The summed E-state index contributed by atoms with van der Waals surface area (Å²) < 4.78 is 29.2. The van der Waals surface area contributed by atoms with Crippen LogP contribution in [-0.2, 0) is 32.6 Å². The van der Waals surface area contributed by atoms with Gasteiger partial charge in [-0.3, -0.25) is 13.9 Å². The maximum absolute atomic E-state index is 14.4. The number of nitrogens with one attached hydrogen (secondary N) is 1. The molecule has 10 heteroatoms. The van der Waals surface area contributed by atoms with Crippen LogP contribution in [0.4, 0.5) is 5.69 Å². The van der Waals surface area contributed by atoms with E-state index in [0.29, 0.717) is 27.7 Å². The minimum Gasteiger partial charge on any atom is -0.355 e. The number of carbonyl (C=O) groups is 2. The molecule has 7 nitrogen and oxygen atoms in total. The highest BCUT2D eigenvalue weighted by Gasteiger charge is 2.35. The second-order valence-electron chi connectivity index (χ2n) is 10.0. The van der Waals surface area contributed by atoms with E-state index in [1.165, 1.54) is 23.1 Å². The molecule has 0 aliphatic carbocycles. The summed E-state index contributed by atoms with van der Waals surface area (Å²) >= 11 is 12.6. The zero-order chi connectivity index (χ0) is 31.0. The van der Waals surface area contributed by atoms with Gasteiger partial charge in [-0.05, 0) is 66.9 Å². The molecule has 0 saturated heterocycles. The van der Waals surface area contributed by atoms with E-state index in [0.717, 1.165) is 9.87 Å². The average molecular weight is 639 g/mol. The molecule has 0 heterocycles. The minimum absolute atomic E-state index is 0.0214. The monoisotopic (exact) mass is 637 g/mol. The van der Waals surface area contributed by atoms with Gasteiger partial charge in [0, 0.05) is 29.6 Å². The second kappa shape index (κ2) is 14.6. The van der Waals surface area contributed by atoms with Crippen molar-refractivity contribution in [3.8, 4) is 0 Å². The highest BCUT2D eigenvalue weighted by molar-refractivity contribution is 7.92. The van der Waals surface area contributed by atoms with E-state index in [-0.39, 0.29) is 29.5 Å². The van der Waals surface area contributed by atoms with Gasteiger partial charge in [-0.2, -0.15) is 0 Å². The van der Waals surface area contributed by atoms with E-state index in [1.54, 1.807) is 62.4 Å². The van der Waals surface area contributed by atoms with Gasteiger partial charge in [0.25, 0.3) is 10.0 Å². The van der Waals surface area contributed by atoms with Crippen LogP contribution in [0.1, 0.15) is 23.6 Å². The van der Waals surface area contributed by atoms with Gasteiger partial charge < -0.3 is 10.2 Å². The van der Waals surface area contributed by atoms with Crippen LogP contribution in [0.15, 0.2) is 108 Å². The minimum atomic E-state index is -4.21. The number of hydrogen-bond acceptors (Lipinski definition) is 4. The van der Waals surface area contributed by atoms with Gasteiger partial charge in [-0.15, -0.1) is 0 Å². The summed E-state index contributed by atoms with van der Waals surface area (Å²) in [6.07, 6.45) is 0.223. The predicted octanol–water partition coefficient (Wildman–Crippen LogP) is 6.27. The van der Waals surface area contributed by atoms with Crippen molar-refractivity contribution >= 4 is 50.7 Å². The fraction of sp³-hybridized carbons (Fsp3) is 0.212. The summed E-state index contributed by atoms with van der Waals surface area (Å²) in [6, 6.07) is 28.2. The summed E-state index contributed by atoms with van der Waals surface area (Å²) in [7, 11) is -4.21. The Bertz CT molecular complexity index is 1670. The Morgan fingerprint density at radius 2 is 1.44 bits per heavy atom. The van der Waals surface area contributed by atoms with Crippen molar-refractivity contribution in [1.29, 1.82) is 0 Å². The number of benzene rings is 4. The van der Waals surface area contributed by atoms with Crippen LogP contribution in [0, 0.1) is 6.92 Å². The maximum atomic E-state index is 14.4. The molecule has 1 N–H and O–H groups in total. The van der Waals surface area contributed by atoms with Crippen molar-refractivity contribution in [1.82, 2.24) is 10.2 Å². The Morgan fingerprint density at radius 1 is 0.814 bits per heavy atom. The molecule has 4 rings (SSSR count). The molecule has 43 heavy (non-hydrogen) atoms. The molecule has 0 aliphatic heterocycles. The van der Waals surface area contributed by atoms with E-state index in [2.05, 4.69) is 5.32 Å². The van der Waals surface area contributed by atoms with Crippen LogP contribution in [0.3, 0.4) is 0 Å². The van der Waals surface area contributed by atoms with Gasteiger partial charge in [0.15, 0.2) is 0 Å². The quantitative estimate of drug-likeness (QED) is 0.198. The molecule has 0 unspecified atom stereocenters. The number of anilines is 1. The molecule has 0 fully saturated rings. The van der Waals surface area contributed by atoms with Crippen molar-refractivity contribution in [2.75, 3.05) is 17.4 Å². The lowest BCUT2D eigenvalue weighted by atomic mass is 10.0. The normalized spacial score (nSPS) is 11.9. The number of rotatable bonds is 12. The molecule has 0 aliphatic rings. The van der Waals surface area contributed by atoms with E-state index < -0.39 is 28.5 Å².